The fourth-order valence-corrected chi connectivity index (χ4v) is 3.44. The van der Waals surface area contributed by atoms with Gasteiger partial charge in [0.2, 0.25) is 0 Å². The van der Waals surface area contributed by atoms with E-state index in [0.29, 0.717) is 13.1 Å². The SMILES string of the molecule is CCN1C(=O)c2cccc3c(NCc4ccc(Cl)cc4)ccc1c23. The van der Waals surface area contributed by atoms with E-state index in [1.807, 2.05) is 54.3 Å². The molecule has 1 aliphatic heterocycles. The van der Waals surface area contributed by atoms with Crippen LogP contribution in [0.5, 0.6) is 0 Å². The van der Waals surface area contributed by atoms with Crippen molar-refractivity contribution in [2.45, 2.75) is 13.5 Å². The van der Waals surface area contributed by atoms with Gasteiger partial charge in [0.05, 0.1) is 5.69 Å². The zero-order chi connectivity index (χ0) is 16.7. The van der Waals surface area contributed by atoms with Crippen molar-refractivity contribution in [3.05, 3.63) is 70.7 Å². The Morgan fingerprint density at radius 1 is 1.04 bits per heavy atom. The first-order valence-electron chi connectivity index (χ1n) is 8.05. The molecule has 0 atom stereocenters. The van der Waals surface area contributed by atoms with E-state index < -0.39 is 0 Å². The molecular formula is C20H17ClN2O. The number of nitrogens with zero attached hydrogens (tertiary/aromatic N) is 1. The van der Waals surface area contributed by atoms with Crippen LogP contribution in [-0.2, 0) is 6.54 Å². The summed E-state index contributed by atoms with van der Waals surface area (Å²) >= 11 is 5.93. The number of rotatable bonds is 4. The molecule has 0 radical (unpaired) electrons. The molecule has 0 aliphatic carbocycles. The van der Waals surface area contributed by atoms with Crippen molar-refractivity contribution in [1.29, 1.82) is 0 Å². The summed E-state index contributed by atoms with van der Waals surface area (Å²) in [6, 6.07) is 17.8. The highest BCUT2D eigenvalue weighted by molar-refractivity contribution is 6.30. The van der Waals surface area contributed by atoms with Gasteiger partial charge in [0.1, 0.15) is 0 Å². The van der Waals surface area contributed by atoms with E-state index in [0.717, 1.165) is 38.3 Å². The van der Waals surface area contributed by atoms with Gasteiger partial charge in [-0.25, -0.2) is 0 Å². The van der Waals surface area contributed by atoms with Gasteiger partial charge in [0, 0.05) is 40.1 Å². The summed E-state index contributed by atoms with van der Waals surface area (Å²) in [4.78, 5) is 14.4. The van der Waals surface area contributed by atoms with Crippen LogP contribution in [0.1, 0.15) is 22.8 Å². The maximum absolute atomic E-state index is 12.5. The molecule has 3 aromatic rings. The fraction of sp³-hybridized carbons (Fsp3) is 0.150. The van der Waals surface area contributed by atoms with Crippen LogP contribution in [0.2, 0.25) is 5.02 Å². The number of carbonyl (C=O) groups is 1. The number of anilines is 2. The molecule has 24 heavy (non-hydrogen) atoms. The number of hydrogen-bond acceptors (Lipinski definition) is 2. The lowest BCUT2D eigenvalue weighted by molar-refractivity contribution is 0.0994. The van der Waals surface area contributed by atoms with Gasteiger partial charge in [-0.3, -0.25) is 4.79 Å². The van der Waals surface area contributed by atoms with Crippen molar-refractivity contribution < 1.29 is 4.79 Å². The molecule has 0 fully saturated rings. The van der Waals surface area contributed by atoms with Crippen molar-refractivity contribution in [3.8, 4) is 0 Å². The summed E-state index contributed by atoms with van der Waals surface area (Å²) in [5.41, 5.74) is 4.00. The Kier molecular flexibility index (Phi) is 3.66. The number of halogens is 1. The maximum Gasteiger partial charge on any atom is 0.258 e. The van der Waals surface area contributed by atoms with Crippen molar-refractivity contribution >= 4 is 39.7 Å². The Morgan fingerprint density at radius 3 is 2.58 bits per heavy atom. The summed E-state index contributed by atoms with van der Waals surface area (Å²) in [6.45, 7) is 3.39. The average molecular weight is 337 g/mol. The van der Waals surface area contributed by atoms with Crippen LogP contribution < -0.4 is 10.2 Å². The second kappa shape index (κ2) is 5.84. The lowest BCUT2D eigenvalue weighted by Gasteiger charge is -2.16. The van der Waals surface area contributed by atoms with Gasteiger partial charge in [-0.15, -0.1) is 0 Å². The molecule has 3 aromatic carbocycles. The summed E-state index contributed by atoms with van der Waals surface area (Å²) in [6.07, 6.45) is 0. The largest absolute Gasteiger partial charge is 0.380 e. The second-order valence-corrected chi connectivity index (χ2v) is 6.33. The van der Waals surface area contributed by atoms with E-state index in [-0.39, 0.29) is 5.91 Å². The van der Waals surface area contributed by atoms with E-state index in [9.17, 15) is 4.79 Å². The Hall–Kier alpha value is -2.52. The van der Waals surface area contributed by atoms with Crippen molar-refractivity contribution in [1.82, 2.24) is 0 Å². The van der Waals surface area contributed by atoms with Gasteiger partial charge in [-0.2, -0.15) is 0 Å². The zero-order valence-electron chi connectivity index (χ0n) is 13.3. The molecule has 1 heterocycles. The molecule has 4 heteroatoms. The first-order valence-corrected chi connectivity index (χ1v) is 8.42. The number of amides is 1. The highest BCUT2D eigenvalue weighted by atomic mass is 35.5. The van der Waals surface area contributed by atoms with Crippen LogP contribution in [0, 0.1) is 0 Å². The lowest BCUT2D eigenvalue weighted by Crippen LogP contribution is -2.25. The van der Waals surface area contributed by atoms with Gasteiger partial charge in [0.15, 0.2) is 0 Å². The van der Waals surface area contributed by atoms with Crippen molar-refractivity contribution in [2.24, 2.45) is 0 Å². The molecule has 4 rings (SSSR count). The topological polar surface area (TPSA) is 32.3 Å². The Morgan fingerprint density at radius 2 is 1.83 bits per heavy atom. The third kappa shape index (κ3) is 2.33. The summed E-state index contributed by atoms with van der Waals surface area (Å²) in [7, 11) is 0. The molecule has 1 N–H and O–H groups in total. The third-order valence-corrected chi connectivity index (χ3v) is 4.75. The lowest BCUT2D eigenvalue weighted by atomic mass is 10.0. The number of carbonyl (C=O) groups excluding carboxylic acids is 1. The summed E-state index contributed by atoms with van der Waals surface area (Å²) < 4.78 is 0. The van der Waals surface area contributed by atoms with Crippen LogP contribution >= 0.6 is 11.6 Å². The standard InChI is InChI=1S/C20H17ClN2O/c1-2-23-18-11-10-17(22-12-13-6-8-14(21)9-7-13)15-4-3-5-16(19(15)18)20(23)24/h3-11,22H,2,12H2,1H3. The molecule has 0 saturated heterocycles. The summed E-state index contributed by atoms with van der Waals surface area (Å²) in [5.74, 6) is 0.0907. The van der Waals surface area contributed by atoms with Crippen LogP contribution in [0.15, 0.2) is 54.6 Å². The van der Waals surface area contributed by atoms with Gasteiger partial charge in [-0.1, -0.05) is 35.9 Å². The van der Waals surface area contributed by atoms with E-state index in [2.05, 4.69) is 17.4 Å². The molecule has 0 spiro atoms. The monoisotopic (exact) mass is 336 g/mol. The predicted octanol–water partition coefficient (Wildman–Crippen LogP) is 5.09. The summed E-state index contributed by atoms with van der Waals surface area (Å²) in [5, 5.41) is 6.35. The predicted molar refractivity (Wildman–Crippen MR) is 100 cm³/mol. The minimum Gasteiger partial charge on any atom is -0.380 e. The quantitative estimate of drug-likeness (QED) is 0.720. The van der Waals surface area contributed by atoms with Gasteiger partial charge < -0.3 is 10.2 Å². The maximum atomic E-state index is 12.5. The second-order valence-electron chi connectivity index (χ2n) is 5.89. The number of nitrogens with one attached hydrogen (secondary N) is 1. The molecule has 0 bridgehead atoms. The molecule has 3 nitrogen and oxygen atoms in total. The first-order chi connectivity index (χ1) is 11.7. The average Bonchev–Trinajstić information content (AvgIpc) is 2.89. The Bertz CT molecular complexity index is 934. The van der Waals surface area contributed by atoms with Gasteiger partial charge >= 0.3 is 0 Å². The molecule has 0 saturated carbocycles. The van der Waals surface area contributed by atoms with E-state index in [1.165, 1.54) is 0 Å². The Balaban J connectivity index is 1.72. The van der Waals surface area contributed by atoms with E-state index >= 15 is 0 Å². The van der Waals surface area contributed by atoms with Gasteiger partial charge in [0.25, 0.3) is 5.91 Å². The van der Waals surface area contributed by atoms with Gasteiger partial charge in [-0.05, 0) is 42.8 Å². The number of hydrogen-bond donors (Lipinski definition) is 1. The van der Waals surface area contributed by atoms with E-state index in [1.54, 1.807) is 0 Å². The molecular weight excluding hydrogens is 320 g/mol. The van der Waals surface area contributed by atoms with Crippen molar-refractivity contribution in [2.75, 3.05) is 16.8 Å². The molecule has 0 aromatic heterocycles. The number of benzene rings is 3. The molecule has 1 amide bonds. The molecule has 120 valence electrons. The van der Waals surface area contributed by atoms with Crippen LogP contribution in [0.4, 0.5) is 11.4 Å². The molecule has 1 aliphatic rings. The van der Waals surface area contributed by atoms with Crippen LogP contribution in [-0.4, -0.2) is 12.5 Å². The zero-order valence-corrected chi connectivity index (χ0v) is 14.1. The van der Waals surface area contributed by atoms with Crippen LogP contribution in [0.25, 0.3) is 10.8 Å². The molecule has 0 unspecified atom stereocenters. The van der Waals surface area contributed by atoms with E-state index in [4.69, 9.17) is 11.6 Å². The fourth-order valence-electron chi connectivity index (χ4n) is 3.31. The first kappa shape index (κ1) is 15.0. The van der Waals surface area contributed by atoms with Crippen LogP contribution in [0.3, 0.4) is 0 Å². The highest BCUT2D eigenvalue weighted by Gasteiger charge is 2.29. The highest BCUT2D eigenvalue weighted by Crippen LogP contribution is 2.40. The Labute approximate surface area is 145 Å². The normalized spacial score (nSPS) is 12.9. The smallest absolute Gasteiger partial charge is 0.258 e. The minimum atomic E-state index is 0.0907. The third-order valence-electron chi connectivity index (χ3n) is 4.50. The minimum absolute atomic E-state index is 0.0907. The van der Waals surface area contributed by atoms with Crippen molar-refractivity contribution in [3.63, 3.8) is 0 Å².